The van der Waals surface area contributed by atoms with Crippen LogP contribution >= 0.6 is 0 Å². The van der Waals surface area contributed by atoms with Crippen LogP contribution in [-0.2, 0) is 12.8 Å². The van der Waals surface area contributed by atoms with Gasteiger partial charge in [0.2, 0.25) is 0 Å². The van der Waals surface area contributed by atoms with E-state index in [1.165, 1.54) is 11.1 Å². The molecule has 1 aliphatic carbocycles. The van der Waals surface area contributed by atoms with Gasteiger partial charge in [0, 0.05) is 32.2 Å². The minimum absolute atomic E-state index is 0.0599. The predicted octanol–water partition coefficient (Wildman–Crippen LogP) is 2.51. The second kappa shape index (κ2) is 8.09. The number of rotatable bonds is 3. The number of aromatic nitrogens is 1. The molecule has 2 aromatic rings. The Morgan fingerprint density at radius 3 is 2.63 bits per heavy atom. The SMILES string of the molecule is CN1CCN(c2cccc(C(=O)NC3CCCc4ccccc4C3)n2)CC1. The molecule has 1 saturated heterocycles. The first-order valence-corrected chi connectivity index (χ1v) is 9.97. The minimum Gasteiger partial charge on any atom is -0.354 e. The van der Waals surface area contributed by atoms with Crippen molar-refractivity contribution in [2.24, 2.45) is 0 Å². The number of piperazine rings is 1. The first-order chi connectivity index (χ1) is 13.2. The minimum atomic E-state index is -0.0599. The Hall–Kier alpha value is -2.40. The van der Waals surface area contributed by atoms with Crippen molar-refractivity contribution in [3.05, 3.63) is 59.3 Å². The van der Waals surface area contributed by atoms with E-state index in [4.69, 9.17) is 0 Å². The van der Waals surface area contributed by atoms with E-state index >= 15 is 0 Å². The summed E-state index contributed by atoms with van der Waals surface area (Å²) in [5.74, 6) is 0.845. The molecule has 27 heavy (non-hydrogen) atoms. The quantitative estimate of drug-likeness (QED) is 0.851. The van der Waals surface area contributed by atoms with Crippen molar-refractivity contribution in [2.75, 3.05) is 38.1 Å². The lowest BCUT2D eigenvalue weighted by Crippen LogP contribution is -2.45. The van der Waals surface area contributed by atoms with Crippen LogP contribution in [0.15, 0.2) is 42.5 Å². The number of carbonyl (C=O) groups is 1. The Kier molecular flexibility index (Phi) is 5.39. The number of hydrogen-bond donors (Lipinski definition) is 1. The third kappa shape index (κ3) is 4.30. The molecule has 5 nitrogen and oxygen atoms in total. The van der Waals surface area contributed by atoms with E-state index in [9.17, 15) is 4.79 Å². The molecule has 1 unspecified atom stereocenters. The summed E-state index contributed by atoms with van der Waals surface area (Å²) < 4.78 is 0. The summed E-state index contributed by atoms with van der Waals surface area (Å²) in [6, 6.07) is 14.5. The molecular formula is C22H28N4O. The molecule has 4 rings (SSSR count). The second-order valence-corrected chi connectivity index (χ2v) is 7.71. The van der Waals surface area contributed by atoms with Crippen LogP contribution in [0.3, 0.4) is 0 Å². The Balaban J connectivity index is 1.43. The largest absolute Gasteiger partial charge is 0.354 e. The Labute approximate surface area is 161 Å². The van der Waals surface area contributed by atoms with Crippen LogP contribution in [0, 0.1) is 0 Å². The fourth-order valence-corrected chi connectivity index (χ4v) is 4.05. The first-order valence-electron chi connectivity index (χ1n) is 9.97. The normalized spacial score (nSPS) is 20.6. The van der Waals surface area contributed by atoms with Crippen molar-refractivity contribution in [3.8, 4) is 0 Å². The summed E-state index contributed by atoms with van der Waals surface area (Å²) in [6.07, 6.45) is 4.12. The fraction of sp³-hybridized carbons (Fsp3) is 0.455. The summed E-state index contributed by atoms with van der Waals surface area (Å²) in [6.45, 7) is 3.96. The Morgan fingerprint density at radius 2 is 1.81 bits per heavy atom. The number of aryl methyl sites for hydroxylation is 1. The highest BCUT2D eigenvalue weighted by Crippen LogP contribution is 2.21. The van der Waals surface area contributed by atoms with Crippen LogP contribution in [0.2, 0.25) is 0 Å². The molecule has 0 spiro atoms. The number of nitrogens with one attached hydrogen (secondary N) is 1. The summed E-state index contributed by atoms with van der Waals surface area (Å²) in [5.41, 5.74) is 3.30. The van der Waals surface area contributed by atoms with Crippen LogP contribution in [0.5, 0.6) is 0 Å². The van der Waals surface area contributed by atoms with Gasteiger partial charge in [-0.05, 0) is 56.0 Å². The Morgan fingerprint density at radius 1 is 1.04 bits per heavy atom. The van der Waals surface area contributed by atoms with Crippen LogP contribution in [0.1, 0.15) is 34.5 Å². The summed E-state index contributed by atoms with van der Waals surface area (Å²) >= 11 is 0. The molecule has 0 radical (unpaired) electrons. The second-order valence-electron chi connectivity index (χ2n) is 7.71. The van der Waals surface area contributed by atoms with Gasteiger partial charge in [0.25, 0.3) is 5.91 Å². The van der Waals surface area contributed by atoms with Crippen molar-refractivity contribution in [3.63, 3.8) is 0 Å². The molecule has 0 bridgehead atoms. The van der Waals surface area contributed by atoms with Gasteiger partial charge in [-0.1, -0.05) is 30.3 Å². The lowest BCUT2D eigenvalue weighted by molar-refractivity contribution is 0.0930. The summed E-state index contributed by atoms with van der Waals surface area (Å²) in [7, 11) is 2.14. The number of likely N-dealkylation sites (N-methyl/N-ethyl adjacent to an activating group) is 1. The van der Waals surface area contributed by atoms with Gasteiger partial charge in [-0.2, -0.15) is 0 Å². The monoisotopic (exact) mass is 364 g/mol. The van der Waals surface area contributed by atoms with Crippen LogP contribution in [0.25, 0.3) is 0 Å². The highest BCUT2D eigenvalue weighted by molar-refractivity contribution is 5.92. The summed E-state index contributed by atoms with van der Waals surface area (Å²) in [4.78, 5) is 22.1. The maximum atomic E-state index is 12.8. The molecule has 2 heterocycles. The van der Waals surface area contributed by atoms with Crippen molar-refractivity contribution in [1.82, 2.24) is 15.2 Å². The average Bonchev–Trinajstić information content (AvgIpc) is 2.90. The molecule has 1 N–H and O–H groups in total. The van der Waals surface area contributed by atoms with E-state index in [-0.39, 0.29) is 11.9 Å². The van der Waals surface area contributed by atoms with Crippen LogP contribution in [-0.4, -0.2) is 55.1 Å². The molecule has 1 aromatic heterocycles. The van der Waals surface area contributed by atoms with E-state index in [1.54, 1.807) is 0 Å². The number of amides is 1. The molecule has 5 heteroatoms. The lowest BCUT2D eigenvalue weighted by Gasteiger charge is -2.33. The lowest BCUT2D eigenvalue weighted by atomic mass is 10.0. The van der Waals surface area contributed by atoms with Gasteiger partial charge in [0.05, 0.1) is 0 Å². The first kappa shape index (κ1) is 18.0. The van der Waals surface area contributed by atoms with Crippen LogP contribution < -0.4 is 10.2 Å². The van der Waals surface area contributed by atoms with Crippen molar-refractivity contribution in [1.29, 1.82) is 0 Å². The number of anilines is 1. The maximum Gasteiger partial charge on any atom is 0.270 e. The van der Waals surface area contributed by atoms with Gasteiger partial charge in [0.1, 0.15) is 11.5 Å². The molecule has 1 fully saturated rings. The molecule has 142 valence electrons. The highest BCUT2D eigenvalue weighted by Gasteiger charge is 2.21. The maximum absolute atomic E-state index is 12.8. The third-order valence-corrected chi connectivity index (χ3v) is 5.71. The van der Waals surface area contributed by atoms with E-state index < -0.39 is 0 Å². The fourth-order valence-electron chi connectivity index (χ4n) is 4.05. The zero-order chi connectivity index (χ0) is 18.6. The number of hydrogen-bond acceptors (Lipinski definition) is 4. The number of pyridine rings is 1. The van der Waals surface area contributed by atoms with Crippen LogP contribution in [0.4, 0.5) is 5.82 Å². The third-order valence-electron chi connectivity index (χ3n) is 5.71. The number of fused-ring (bicyclic) bond motifs is 1. The highest BCUT2D eigenvalue weighted by atomic mass is 16.1. The molecule has 1 aromatic carbocycles. The van der Waals surface area contributed by atoms with Gasteiger partial charge in [-0.3, -0.25) is 4.79 Å². The van der Waals surface area contributed by atoms with Crippen molar-refractivity contribution < 1.29 is 4.79 Å². The molecule has 1 atom stereocenters. The molecule has 1 amide bonds. The number of carbonyl (C=O) groups excluding carboxylic acids is 1. The van der Waals surface area contributed by atoms with E-state index in [0.717, 1.165) is 57.7 Å². The topological polar surface area (TPSA) is 48.5 Å². The molecule has 2 aliphatic rings. The van der Waals surface area contributed by atoms with Gasteiger partial charge in [0.15, 0.2) is 0 Å². The smallest absolute Gasteiger partial charge is 0.270 e. The van der Waals surface area contributed by atoms with Gasteiger partial charge in [-0.15, -0.1) is 0 Å². The molecule has 0 saturated carbocycles. The van der Waals surface area contributed by atoms with Gasteiger partial charge >= 0.3 is 0 Å². The number of benzene rings is 1. The van der Waals surface area contributed by atoms with E-state index in [2.05, 4.69) is 51.4 Å². The van der Waals surface area contributed by atoms with Crippen molar-refractivity contribution in [2.45, 2.75) is 31.7 Å². The van der Waals surface area contributed by atoms with E-state index in [0.29, 0.717) is 5.69 Å². The van der Waals surface area contributed by atoms with Gasteiger partial charge < -0.3 is 15.1 Å². The number of nitrogens with zero attached hydrogens (tertiary/aromatic N) is 3. The summed E-state index contributed by atoms with van der Waals surface area (Å²) in [5, 5.41) is 3.23. The van der Waals surface area contributed by atoms with Crippen molar-refractivity contribution >= 4 is 11.7 Å². The zero-order valence-corrected chi connectivity index (χ0v) is 16.0. The average molecular weight is 364 g/mol. The Bertz CT molecular complexity index is 798. The zero-order valence-electron chi connectivity index (χ0n) is 16.0. The molecular weight excluding hydrogens is 336 g/mol. The van der Waals surface area contributed by atoms with Gasteiger partial charge in [-0.25, -0.2) is 4.98 Å². The predicted molar refractivity (Wildman–Crippen MR) is 108 cm³/mol. The van der Waals surface area contributed by atoms with E-state index in [1.807, 2.05) is 18.2 Å². The standard InChI is InChI=1S/C22H28N4O/c1-25-12-14-26(15-13-25)21-11-5-10-20(24-21)22(27)23-19-9-4-8-17-6-2-3-7-18(17)16-19/h2-3,5-7,10-11,19H,4,8-9,12-16H2,1H3,(H,23,27). The molecule has 1 aliphatic heterocycles.